The van der Waals surface area contributed by atoms with Crippen LogP contribution in [0.2, 0.25) is 0 Å². The second-order valence-corrected chi connectivity index (χ2v) is 4.80. The second kappa shape index (κ2) is 5.15. The van der Waals surface area contributed by atoms with E-state index >= 15 is 0 Å². The highest BCUT2D eigenvalue weighted by molar-refractivity contribution is 5.84. The fraction of sp³-hybridized carbons (Fsp3) is 0.917. The largest absolute Gasteiger partial charge is 0.376 e. The molecule has 2 fully saturated rings. The lowest BCUT2D eigenvalue weighted by Crippen LogP contribution is -2.43. The van der Waals surface area contributed by atoms with Gasteiger partial charge in [0.1, 0.15) is 0 Å². The molecule has 0 radical (unpaired) electrons. The van der Waals surface area contributed by atoms with Gasteiger partial charge in [0.05, 0.1) is 24.9 Å². The van der Waals surface area contributed by atoms with Crippen LogP contribution in [0.3, 0.4) is 0 Å². The van der Waals surface area contributed by atoms with Crippen LogP contribution in [0.1, 0.15) is 39.5 Å². The highest BCUT2D eigenvalue weighted by Crippen LogP contribution is 2.22. The van der Waals surface area contributed by atoms with Gasteiger partial charge in [-0.2, -0.15) is 0 Å². The monoisotopic (exact) mass is 226 g/mol. The van der Waals surface area contributed by atoms with E-state index in [4.69, 9.17) is 4.74 Å². The quantitative estimate of drug-likeness (QED) is 0.781. The van der Waals surface area contributed by atoms with Crippen LogP contribution in [0.15, 0.2) is 0 Å². The van der Waals surface area contributed by atoms with E-state index in [0.717, 1.165) is 32.3 Å². The first kappa shape index (κ1) is 11.9. The van der Waals surface area contributed by atoms with Gasteiger partial charge in [-0.15, -0.1) is 0 Å². The molecule has 0 aromatic heterocycles. The number of ether oxygens (including phenoxy) is 1. The van der Waals surface area contributed by atoms with Gasteiger partial charge < -0.3 is 9.64 Å². The summed E-state index contributed by atoms with van der Waals surface area (Å²) in [5.74, 6) is 0.254. The number of nitrogens with one attached hydrogen (secondary N) is 1. The van der Waals surface area contributed by atoms with Crippen molar-refractivity contribution in [3.8, 4) is 0 Å². The zero-order valence-corrected chi connectivity index (χ0v) is 10.2. The zero-order chi connectivity index (χ0) is 11.5. The SMILES string of the molecule is CCCC1NCN(C(C)C2CCCO2)C1=O. The molecule has 2 aliphatic rings. The third kappa shape index (κ3) is 2.23. The molecule has 4 nitrogen and oxygen atoms in total. The molecule has 2 heterocycles. The van der Waals surface area contributed by atoms with E-state index in [1.807, 2.05) is 4.90 Å². The summed E-state index contributed by atoms with van der Waals surface area (Å²) in [6, 6.07) is 0.248. The third-order valence-electron chi connectivity index (χ3n) is 3.66. The molecule has 92 valence electrons. The summed E-state index contributed by atoms with van der Waals surface area (Å²) in [5, 5.41) is 3.28. The molecule has 2 saturated heterocycles. The first-order valence-corrected chi connectivity index (χ1v) is 6.39. The van der Waals surface area contributed by atoms with Gasteiger partial charge in [-0.3, -0.25) is 10.1 Å². The minimum Gasteiger partial charge on any atom is -0.376 e. The van der Waals surface area contributed by atoms with E-state index in [0.29, 0.717) is 6.67 Å². The fourth-order valence-corrected chi connectivity index (χ4v) is 2.62. The summed E-state index contributed by atoms with van der Waals surface area (Å²) >= 11 is 0. The molecule has 2 aliphatic heterocycles. The van der Waals surface area contributed by atoms with Gasteiger partial charge in [-0.05, 0) is 26.2 Å². The summed E-state index contributed by atoms with van der Waals surface area (Å²) in [5.41, 5.74) is 0. The number of amides is 1. The van der Waals surface area contributed by atoms with E-state index in [1.165, 1.54) is 0 Å². The highest BCUT2D eigenvalue weighted by atomic mass is 16.5. The Labute approximate surface area is 97.3 Å². The smallest absolute Gasteiger partial charge is 0.241 e. The van der Waals surface area contributed by atoms with E-state index in [2.05, 4.69) is 19.2 Å². The maximum Gasteiger partial charge on any atom is 0.241 e. The summed E-state index contributed by atoms with van der Waals surface area (Å²) < 4.78 is 5.65. The number of rotatable bonds is 4. The lowest BCUT2D eigenvalue weighted by molar-refractivity contribution is -0.132. The Morgan fingerprint density at radius 3 is 3.06 bits per heavy atom. The van der Waals surface area contributed by atoms with Crippen LogP contribution in [0.5, 0.6) is 0 Å². The molecule has 3 atom stereocenters. The summed E-state index contributed by atoms with van der Waals surface area (Å²) in [6.45, 7) is 5.75. The molecule has 0 saturated carbocycles. The van der Waals surface area contributed by atoms with Crippen molar-refractivity contribution in [1.29, 1.82) is 0 Å². The zero-order valence-electron chi connectivity index (χ0n) is 10.2. The third-order valence-corrected chi connectivity index (χ3v) is 3.66. The van der Waals surface area contributed by atoms with Crippen molar-refractivity contribution in [3.05, 3.63) is 0 Å². The maximum atomic E-state index is 12.1. The van der Waals surface area contributed by atoms with Crippen LogP contribution in [0.25, 0.3) is 0 Å². The molecule has 4 heteroatoms. The van der Waals surface area contributed by atoms with Crippen LogP contribution in [-0.2, 0) is 9.53 Å². The molecular formula is C12H22N2O2. The van der Waals surface area contributed by atoms with Gasteiger partial charge in [0, 0.05) is 6.61 Å². The number of hydrogen-bond acceptors (Lipinski definition) is 3. The predicted molar refractivity (Wildman–Crippen MR) is 62.0 cm³/mol. The number of nitrogens with zero attached hydrogens (tertiary/aromatic N) is 1. The van der Waals surface area contributed by atoms with E-state index in [-0.39, 0.29) is 24.1 Å². The van der Waals surface area contributed by atoms with Crippen LogP contribution in [0, 0.1) is 0 Å². The highest BCUT2D eigenvalue weighted by Gasteiger charge is 2.37. The predicted octanol–water partition coefficient (Wildman–Crippen LogP) is 1.11. The van der Waals surface area contributed by atoms with Crippen LogP contribution in [0.4, 0.5) is 0 Å². The number of hydrogen-bond donors (Lipinski definition) is 1. The molecule has 2 rings (SSSR count). The molecule has 0 bridgehead atoms. The van der Waals surface area contributed by atoms with Gasteiger partial charge >= 0.3 is 0 Å². The summed E-state index contributed by atoms with van der Waals surface area (Å²) in [6.07, 6.45) is 4.44. The van der Waals surface area contributed by atoms with Crippen molar-refractivity contribution in [2.75, 3.05) is 13.3 Å². The molecule has 1 N–H and O–H groups in total. The molecule has 0 aromatic rings. The number of carbonyl (C=O) groups is 1. The second-order valence-electron chi connectivity index (χ2n) is 4.80. The molecule has 0 aliphatic carbocycles. The van der Waals surface area contributed by atoms with Crippen molar-refractivity contribution in [1.82, 2.24) is 10.2 Å². The molecule has 0 aromatic carbocycles. The minimum atomic E-state index is 0.0360. The summed E-state index contributed by atoms with van der Waals surface area (Å²) in [7, 11) is 0. The molecule has 16 heavy (non-hydrogen) atoms. The van der Waals surface area contributed by atoms with Crippen molar-refractivity contribution in [3.63, 3.8) is 0 Å². The van der Waals surface area contributed by atoms with Crippen LogP contribution in [-0.4, -0.2) is 42.3 Å². The van der Waals surface area contributed by atoms with Gasteiger partial charge in [-0.25, -0.2) is 0 Å². The standard InChI is InChI=1S/C12H22N2O2/c1-3-5-10-12(15)14(8-13-10)9(2)11-6-4-7-16-11/h9-11,13H,3-8H2,1-2H3. The molecule has 3 unspecified atom stereocenters. The van der Waals surface area contributed by atoms with Crippen LogP contribution < -0.4 is 5.32 Å². The number of carbonyl (C=O) groups excluding carboxylic acids is 1. The Hall–Kier alpha value is -0.610. The van der Waals surface area contributed by atoms with Gasteiger partial charge in [0.25, 0.3) is 0 Å². The Bertz CT molecular complexity index is 251. The first-order valence-electron chi connectivity index (χ1n) is 6.39. The van der Waals surface area contributed by atoms with Gasteiger partial charge in [0.15, 0.2) is 0 Å². The van der Waals surface area contributed by atoms with Gasteiger partial charge in [0.2, 0.25) is 5.91 Å². The minimum absolute atomic E-state index is 0.0360. The maximum absolute atomic E-state index is 12.1. The fourth-order valence-electron chi connectivity index (χ4n) is 2.62. The van der Waals surface area contributed by atoms with Crippen molar-refractivity contribution in [2.45, 2.75) is 57.7 Å². The normalized spacial score (nSPS) is 32.4. The summed E-state index contributed by atoms with van der Waals surface area (Å²) in [4.78, 5) is 14.0. The van der Waals surface area contributed by atoms with Crippen molar-refractivity contribution >= 4 is 5.91 Å². The lowest BCUT2D eigenvalue weighted by Gasteiger charge is -2.28. The Kier molecular flexibility index (Phi) is 3.82. The van der Waals surface area contributed by atoms with E-state index < -0.39 is 0 Å². The first-order chi connectivity index (χ1) is 7.74. The molecular weight excluding hydrogens is 204 g/mol. The van der Waals surface area contributed by atoms with Crippen molar-refractivity contribution < 1.29 is 9.53 Å². The van der Waals surface area contributed by atoms with Gasteiger partial charge in [-0.1, -0.05) is 13.3 Å². The average Bonchev–Trinajstić information content (AvgIpc) is 2.89. The Morgan fingerprint density at radius 1 is 1.62 bits per heavy atom. The molecule has 0 spiro atoms. The topological polar surface area (TPSA) is 41.6 Å². The van der Waals surface area contributed by atoms with Crippen LogP contribution >= 0.6 is 0 Å². The van der Waals surface area contributed by atoms with E-state index in [1.54, 1.807) is 0 Å². The Morgan fingerprint density at radius 2 is 2.44 bits per heavy atom. The average molecular weight is 226 g/mol. The Balaban J connectivity index is 1.92. The lowest BCUT2D eigenvalue weighted by atomic mass is 10.1. The van der Waals surface area contributed by atoms with Crippen molar-refractivity contribution in [2.24, 2.45) is 0 Å². The van der Waals surface area contributed by atoms with E-state index in [9.17, 15) is 4.79 Å². The molecule has 1 amide bonds.